The summed E-state index contributed by atoms with van der Waals surface area (Å²) in [6.07, 6.45) is 12.9. The van der Waals surface area contributed by atoms with E-state index in [2.05, 4.69) is 76.1 Å². The van der Waals surface area contributed by atoms with Crippen molar-refractivity contribution in [3.8, 4) is 0 Å². The van der Waals surface area contributed by atoms with Crippen LogP contribution in [0.4, 0.5) is 5.69 Å². The van der Waals surface area contributed by atoms with Gasteiger partial charge in [0.25, 0.3) is 5.91 Å². The number of anilines is 1. The van der Waals surface area contributed by atoms with Gasteiger partial charge < -0.3 is 76.6 Å². The highest BCUT2D eigenvalue weighted by Crippen LogP contribution is 2.35. The number of likely N-dealkylation sites (N-methyl/N-ethyl adjacent to an activating group) is 2. The number of nitrogens with one attached hydrogen (secondary N) is 9. The van der Waals surface area contributed by atoms with E-state index in [0.29, 0.717) is 65.2 Å². The predicted octanol–water partition coefficient (Wildman–Crippen LogP) is 4.36. The Morgan fingerprint density at radius 3 is 1.88 bits per heavy atom. The smallest absolute Gasteiger partial charge is 0.251 e. The molecular weight excluding hydrogens is 1460 g/mol. The van der Waals surface area contributed by atoms with E-state index in [1.54, 1.807) is 89.8 Å². The fourth-order valence-corrected chi connectivity index (χ4v) is 14.8. The number of hydrogen-bond acceptors (Lipinski definition) is 21. The molecule has 9 N–H and O–H groups in total. The number of thioether (sulfide) groups is 2. The van der Waals surface area contributed by atoms with Crippen molar-refractivity contribution in [3.05, 3.63) is 122 Å². The Balaban J connectivity index is 0.818. The number of carbonyl (C=O) groups is 11. The second kappa shape index (κ2) is 46.4. The molecule has 600 valence electrons. The third kappa shape index (κ3) is 28.9. The van der Waals surface area contributed by atoms with Crippen LogP contribution in [0.3, 0.4) is 0 Å². The van der Waals surface area contributed by atoms with Crippen molar-refractivity contribution < 1.29 is 71.7 Å². The average molecular weight is 1560 g/mol. The highest BCUT2D eigenvalue weighted by Gasteiger charge is 2.44. The van der Waals surface area contributed by atoms with Crippen LogP contribution in [0.15, 0.2) is 93.8 Å². The summed E-state index contributed by atoms with van der Waals surface area (Å²) in [6.45, 7) is 12.2. The van der Waals surface area contributed by atoms with E-state index in [0.717, 1.165) is 21.2 Å². The zero-order chi connectivity index (χ0) is 80.4. The number of carbonyl (C=O) groups excluding carboxylic acids is 11. The summed E-state index contributed by atoms with van der Waals surface area (Å²) in [4.78, 5) is 164. The topological polar surface area (TPSA) is 417 Å². The fourth-order valence-electron chi connectivity index (χ4n) is 12.9. The zero-order valence-corrected chi connectivity index (χ0v) is 66.6. The van der Waals surface area contributed by atoms with Crippen LogP contribution in [0.25, 0.3) is 21.5 Å². The molecule has 6 rings (SSSR count). The van der Waals surface area contributed by atoms with Crippen LogP contribution in [0, 0.1) is 23.7 Å². The maximum atomic E-state index is 14.5. The Morgan fingerprint density at radius 1 is 0.682 bits per heavy atom. The Bertz CT molecular complexity index is 3840. The van der Waals surface area contributed by atoms with Gasteiger partial charge in [-0.25, -0.2) is 9.97 Å². The van der Waals surface area contributed by atoms with Gasteiger partial charge in [0.15, 0.2) is 0 Å². The van der Waals surface area contributed by atoms with Crippen LogP contribution in [-0.4, -0.2) is 246 Å². The first-order valence-corrected chi connectivity index (χ1v) is 39.0. The van der Waals surface area contributed by atoms with Gasteiger partial charge >= 0.3 is 0 Å². The minimum Gasteiger partial charge on any atom is -0.379 e. The molecule has 0 radical (unpaired) electrons. The van der Waals surface area contributed by atoms with Crippen molar-refractivity contribution in [2.24, 2.45) is 28.8 Å². The number of hydrogen-bond donors (Lipinski definition) is 9. The van der Waals surface area contributed by atoms with Gasteiger partial charge in [0.1, 0.15) is 6.04 Å². The van der Waals surface area contributed by atoms with Crippen molar-refractivity contribution >= 4 is 105 Å². The molecule has 1 aromatic heterocycles. The number of azide groups is 1. The molecule has 9 atom stereocenters. The molecule has 1 aliphatic carbocycles. The van der Waals surface area contributed by atoms with E-state index >= 15 is 0 Å². The van der Waals surface area contributed by atoms with E-state index in [-0.39, 0.29) is 100 Å². The Kier molecular flexibility index (Phi) is 37.8. The first-order chi connectivity index (χ1) is 52.6. The van der Waals surface area contributed by atoms with Crippen molar-refractivity contribution in [2.75, 3.05) is 119 Å². The van der Waals surface area contributed by atoms with Gasteiger partial charge in [-0.1, -0.05) is 90.4 Å². The molecule has 0 spiro atoms. The van der Waals surface area contributed by atoms with Crippen molar-refractivity contribution in [2.45, 2.75) is 141 Å². The number of nitrogens with zero attached hydrogens (tertiary/aromatic N) is 8. The van der Waals surface area contributed by atoms with E-state index in [9.17, 15) is 58.3 Å². The highest BCUT2D eigenvalue weighted by molar-refractivity contribution is 8.03. The lowest BCUT2D eigenvalue weighted by atomic mass is 9.89. The fraction of sp³-hybridized carbons (Fsp3) is 0.566. The normalized spacial score (nSPS) is 17.7. The number of ether oxygens (including phenoxy) is 4. The third-order valence-corrected chi connectivity index (χ3v) is 20.9. The third-order valence-electron chi connectivity index (χ3n) is 18.8. The summed E-state index contributed by atoms with van der Waals surface area (Å²) in [7, 11) is 8.36. The molecule has 11 amide bonds. The summed E-state index contributed by atoms with van der Waals surface area (Å²) in [5.74, 6) is -5.14. The van der Waals surface area contributed by atoms with Crippen LogP contribution < -0.4 is 47.9 Å². The van der Waals surface area contributed by atoms with Crippen LogP contribution in [-0.2, 0) is 84.8 Å². The average Bonchev–Trinajstić information content (AvgIpc) is 1.65. The minimum atomic E-state index is -0.831. The Morgan fingerprint density at radius 2 is 1.29 bits per heavy atom. The van der Waals surface area contributed by atoms with E-state index in [4.69, 9.17) is 28.9 Å². The molecule has 0 unspecified atom stereocenters. The summed E-state index contributed by atoms with van der Waals surface area (Å²) < 4.78 is 23.1. The van der Waals surface area contributed by atoms with Gasteiger partial charge in [0.2, 0.25) is 59.1 Å². The standard InChI is InChI=1S/C76H109N17O15S2/c1-13-48(6)71(92(10)76(104)69(46(2)3)89-75(103)70(47(4)5)91(8)9)61(105-11)37-68(100)93-29-17-20-60(93)72(106-12)49(7)73(101)86-53(38-84-90-77)34-50-21-24-52(25-22-50)85-67(99)43-83-66(98)42-82-65(97)41-81-64(96)40-80-63(95)39-79-62(94)27-30-107-32-33-108-31-28-78-74(102)51-23-26-56-57(35-51)88-59-45-110-55-19-16-14-15-18-54(36-55)109-44-58(59)87-56/h14-16,18-19,21-26,35-36,46-49,53,60-61,69-72H,13,17,20,27-34,37-45H2,1-12H3,(H,78,102)(H,79,94)(H,80,95)(H,81,96)(H,82,97)(H,83,98)(H,85,99)(H,86,101)(H,89,103)/b15-14+,16-14?,18-15?,19-16-,54-18+,54-36?,55-19?,55-36-/t48-,49+,53-,60-,61+,69-,70-,71-,72+/m0/s1. The lowest BCUT2D eigenvalue weighted by Crippen LogP contribution is -2.59. The summed E-state index contributed by atoms with van der Waals surface area (Å²) in [6, 6.07) is 8.93. The lowest BCUT2D eigenvalue weighted by molar-refractivity contribution is -0.148. The maximum absolute atomic E-state index is 14.5. The number of amides is 11. The van der Waals surface area contributed by atoms with Crippen molar-refractivity contribution in [1.82, 2.24) is 67.2 Å². The molecule has 1 fully saturated rings. The lowest BCUT2D eigenvalue weighted by Gasteiger charge is -2.41. The van der Waals surface area contributed by atoms with E-state index in [1.807, 2.05) is 78.8 Å². The van der Waals surface area contributed by atoms with Gasteiger partial charge in [-0.2, -0.15) is 0 Å². The van der Waals surface area contributed by atoms with Gasteiger partial charge in [-0.15, -0.1) is 23.5 Å². The molecule has 3 heterocycles. The molecule has 3 aliphatic rings. The van der Waals surface area contributed by atoms with Crippen LogP contribution in [0.1, 0.15) is 108 Å². The van der Waals surface area contributed by atoms with Gasteiger partial charge in [-0.3, -0.25) is 57.6 Å². The van der Waals surface area contributed by atoms with Gasteiger partial charge in [0.05, 0.1) is 124 Å². The number of likely N-dealkylation sites (tertiary alicyclic amines) is 1. The minimum absolute atomic E-state index is 0.00810. The number of rotatable bonds is 43. The largest absolute Gasteiger partial charge is 0.379 e. The molecule has 2 bridgehead atoms. The Hall–Kier alpha value is -9.28. The molecule has 32 nitrogen and oxygen atoms in total. The van der Waals surface area contributed by atoms with Crippen molar-refractivity contribution in [1.29, 1.82) is 0 Å². The van der Waals surface area contributed by atoms with Crippen LogP contribution in [0.5, 0.6) is 0 Å². The summed E-state index contributed by atoms with van der Waals surface area (Å²) in [5, 5.41) is 27.0. The first-order valence-electron chi connectivity index (χ1n) is 37.0. The van der Waals surface area contributed by atoms with E-state index in [1.165, 1.54) is 14.2 Å². The van der Waals surface area contributed by atoms with Gasteiger partial charge in [0, 0.05) is 90.8 Å². The number of benzene rings is 2. The number of aromatic nitrogens is 2. The molecule has 2 aromatic carbocycles. The quantitative estimate of drug-likeness (QED) is 0.0164. The number of methoxy groups -OCH3 is 2. The maximum Gasteiger partial charge on any atom is 0.251 e. The number of allylic oxidation sites excluding steroid dienone is 6. The molecule has 3 aromatic rings. The SMILES string of the molecule is CC[C@H](C)[C@@H]([C@@H](CC(=O)N1CCC[C@H]1[C@H](OC)[C@@H](C)C(=O)N[C@H](CN=[N+]=[N-])Cc1ccc(NC(=O)CNC(=O)CNC(=O)CNC(=O)CNC(=O)CNC(=O)CCOCCOCCNC(=O)c2ccc3nc4c(nc3c2)CSC2=C\C(=C/C=C/C=C\2)SC4)cc1)OC)N(C)C(=O)[C@@H](NC(=O)[C@H](C(C)C)N(C)C)C(C)C. The van der Waals surface area contributed by atoms with Crippen LogP contribution >= 0.6 is 23.5 Å². The summed E-state index contributed by atoms with van der Waals surface area (Å²) in [5.41, 5.74) is 14.0. The molecule has 110 heavy (non-hydrogen) atoms. The highest BCUT2D eigenvalue weighted by atomic mass is 32.2. The summed E-state index contributed by atoms with van der Waals surface area (Å²) >= 11 is 3.40. The molecule has 1 saturated heterocycles. The molecule has 34 heteroatoms. The second-order valence-corrected chi connectivity index (χ2v) is 30.0. The Labute approximate surface area is 651 Å². The first kappa shape index (κ1) is 89.6. The molecular formula is C76H109N17O15S2. The second-order valence-electron chi connectivity index (χ2n) is 27.9. The predicted molar refractivity (Wildman–Crippen MR) is 420 cm³/mol. The van der Waals surface area contributed by atoms with Crippen molar-refractivity contribution in [3.63, 3.8) is 0 Å². The zero-order valence-electron chi connectivity index (χ0n) is 65.0. The van der Waals surface area contributed by atoms with E-state index < -0.39 is 122 Å². The number of fused-ring (bicyclic) bond motifs is 3. The monoisotopic (exact) mass is 1560 g/mol. The van der Waals surface area contributed by atoms with Gasteiger partial charge in [-0.05, 0) is 111 Å². The molecule has 2 aliphatic heterocycles. The molecule has 0 saturated carbocycles. The van der Waals surface area contributed by atoms with Crippen LogP contribution in [0.2, 0.25) is 0 Å².